The molecule has 1 N–H and O–H groups in total. The summed E-state index contributed by atoms with van der Waals surface area (Å²) in [5, 5.41) is 4.29. The molecule has 3 rings (SSSR count). The predicted octanol–water partition coefficient (Wildman–Crippen LogP) is 2.50. The number of hydrogen-bond acceptors (Lipinski definition) is 4. The van der Waals surface area contributed by atoms with Gasteiger partial charge in [-0.3, -0.25) is 13.9 Å². The summed E-state index contributed by atoms with van der Waals surface area (Å²) in [6, 6.07) is 6.77. The molecule has 2 aromatic heterocycles. The van der Waals surface area contributed by atoms with Crippen molar-refractivity contribution in [2.45, 2.75) is 45.6 Å². The van der Waals surface area contributed by atoms with Gasteiger partial charge in [0.15, 0.2) is 0 Å². The highest BCUT2D eigenvalue weighted by atomic mass is 32.2. The molecule has 0 aliphatic heterocycles. The first-order valence-corrected chi connectivity index (χ1v) is 9.97. The summed E-state index contributed by atoms with van der Waals surface area (Å²) >= 11 is 0. The average Bonchev–Trinajstić information content (AvgIpc) is 3.05. The van der Waals surface area contributed by atoms with Crippen LogP contribution in [0.15, 0.2) is 40.2 Å². The third-order valence-corrected chi connectivity index (χ3v) is 5.80. The maximum absolute atomic E-state index is 12.8. The number of anilines is 1. The van der Waals surface area contributed by atoms with E-state index in [-0.39, 0.29) is 10.5 Å². The van der Waals surface area contributed by atoms with Crippen LogP contribution in [-0.4, -0.2) is 22.6 Å². The SMILES string of the molecule is CCc1nn(CC)c(=O)c2cc(S(=O)(=O)Nc3ccc(C)c(C)c3)cn12. The Labute approximate surface area is 152 Å². The topological polar surface area (TPSA) is 85.5 Å². The zero-order chi connectivity index (χ0) is 19.1. The maximum atomic E-state index is 12.8. The second kappa shape index (κ2) is 6.60. The lowest BCUT2D eigenvalue weighted by Crippen LogP contribution is -2.26. The zero-order valence-corrected chi connectivity index (χ0v) is 16.1. The van der Waals surface area contributed by atoms with Crippen LogP contribution >= 0.6 is 0 Å². The molecule has 2 heterocycles. The Bertz CT molecular complexity index is 1140. The Hall–Kier alpha value is -2.61. The second-order valence-corrected chi connectivity index (χ2v) is 7.91. The molecule has 138 valence electrons. The van der Waals surface area contributed by atoms with Crippen molar-refractivity contribution in [1.82, 2.24) is 14.2 Å². The quantitative estimate of drug-likeness (QED) is 0.743. The van der Waals surface area contributed by atoms with Crippen molar-refractivity contribution < 1.29 is 8.42 Å². The Kier molecular flexibility index (Phi) is 4.62. The van der Waals surface area contributed by atoms with E-state index >= 15 is 0 Å². The Morgan fingerprint density at radius 2 is 1.85 bits per heavy atom. The lowest BCUT2D eigenvalue weighted by Gasteiger charge is -2.08. The van der Waals surface area contributed by atoms with Crippen molar-refractivity contribution >= 4 is 21.2 Å². The van der Waals surface area contributed by atoms with E-state index in [1.54, 1.807) is 16.5 Å². The van der Waals surface area contributed by atoms with Crippen LogP contribution in [0.3, 0.4) is 0 Å². The van der Waals surface area contributed by atoms with E-state index in [0.717, 1.165) is 11.1 Å². The molecule has 1 aromatic carbocycles. The average molecular weight is 374 g/mol. The fraction of sp³-hybridized carbons (Fsp3) is 0.333. The van der Waals surface area contributed by atoms with Gasteiger partial charge in [0.05, 0.1) is 0 Å². The molecule has 0 saturated carbocycles. The van der Waals surface area contributed by atoms with Gasteiger partial charge >= 0.3 is 0 Å². The summed E-state index contributed by atoms with van der Waals surface area (Å²) < 4.78 is 31.0. The van der Waals surface area contributed by atoms with Crippen molar-refractivity contribution in [2.24, 2.45) is 0 Å². The summed E-state index contributed by atoms with van der Waals surface area (Å²) in [7, 11) is -3.81. The van der Waals surface area contributed by atoms with Crippen LogP contribution in [0.25, 0.3) is 5.52 Å². The number of nitrogens with zero attached hydrogens (tertiary/aromatic N) is 3. The second-order valence-electron chi connectivity index (χ2n) is 6.23. The van der Waals surface area contributed by atoms with Gasteiger partial charge in [-0.25, -0.2) is 13.1 Å². The first-order valence-electron chi connectivity index (χ1n) is 8.49. The molecule has 0 spiro atoms. The van der Waals surface area contributed by atoms with Gasteiger partial charge in [0, 0.05) is 24.8 Å². The first kappa shape index (κ1) is 18.2. The molecule has 7 nitrogen and oxygen atoms in total. The van der Waals surface area contributed by atoms with Gasteiger partial charge in [-0.2, -0.15) is 5.10 Å². The van der Waals surface area contributed by atoms with Gasteiger partial charge in [-0.15, -0.1) is 0 Å². The van der Waals surface area contributed by atoms with E-state index in [2.05, 4.69) is 9.82 Å². The fourth-order valence-corrected chi connectivity index (χ4v) is 3.87. The highest BCUT2D eigenvalue weighted by Gasteiger charge is 2.20. The van der Waals surface area contributed by atoms with Crippen molar-refractivity contribution in [3.8, 4) is 0 Å². The van der Waals surface area contributed by atoms with Gasteiger partial charge in [-0.1, -0.05) is 13.0 Å². The Morgan fingerprint density at radius 1 is 1.12 bits per heavy atom. The highest BCUT2D eigenvalue weighted by molar-refractivity contribution is 7.92. The third kappa shape index (κ3) is 3.12. The molecule has 26 heavy (non-hydrogen) atoms. The van der Waals surface area contributed by atoms with E-state index in [0.29, 0.717) is 30.0 Å². The van der Waals surface area contributed by atoms with Crippen LogP contribution in [0.2, 0.25) is 0 Å². The molecule has 0 aliphatic carbocycles. The smallest absolute Gasteiger partial charge is 0.291 e. The lowest BCUT2D eigenvalue weighted by atomic mass is 10.1. The summed E-state index contributed by atoms with van der Waals surface area (Å²) in [4.78, 5) is 12.5. The zero-order valence-electron chi connectivity index (χ0n) is 15.3. The Morgan fingerprint density at radius 3 is 2.46 bits per heavy atom. The van der Waals surface area contributed by atoms with E-state index in [1.165, 1.54) is 16.9 Å². The van der Waals surface area contributed by atoms with Gasteiger partial charge < -0.3 is 0 Å². The number of hydrogen-bond donors (Lipinski definition) is 1. The minimum atomic E-state index is -3.81. The number of aromatic nitrogens is 3. The number of benzene rings is 1. The van der Waals surface area contributed by atoms with Gasteiger partial charge in [0.2, 0.25) is 0 Å². The third-order valence-electron chi connectivity index (χ3n) is 4.45. The molecule has 0 unspecified atom stereocenters. The minimum Gasteiger partial charge on any atom is -0.297 e. The molecule has 0 saturated heterocycles. The van der Waals surface area contributed by atoms with E-state index in [9.17, 15) is 13.2 Å². The molecular formula is C18H22N4O3S. The normalized spacial score (nSPS) is 11.8. The fourth-order valence-electron chi connectivity index (χ4n) is 2.80. The standard InChI is InChI=1S/C18H22N4O3S/c1-5-17-19-22(6-2)18(23)16-10-15(11-21(16)17)26(24,25)20-14-8-7-12(3)13(4)9-14/h7-11,20H,5-6H2,1-4H3. The Balaban J connectivity index is 2.10. The first-order chi connectivity index (χ1) is 12.3. The number of aryl methyl sites for hydroxylation is 4. The maximum Gasteiger partial charge on any atom is 0.291 e. The van der Waals surface area contributed by atoms with Crippen molar-refractivity contribution in [3.63, 3.8) is 0 Å². The van der Waals surface area contributed by atoms with Gasteiger partial charge in [-0.05, 0) is 50.1 Å². The number of rotatable bonds is 5. The van der Waals surface area contributed by atoms with Gasteiger partial charge in [0.25, 0.3) is 15.6 Å². The van der Waals surface area contributed by atoms with Crippen LogP contribution < -0.4 is 10.3 Å². The largest absolute Gasteiger partial charge is 0.297 e. The summed E-state index contributed by atoms with van der Waals surface area (Å²) in [6.45, 7) is 8.05. The molecule has 8 heteroatoms. The van der Waals surface area contributed by atoms with E-state index < -0.39 is 10.0 Å². The van der Waals surface area contributed by atoms with Crippen molar-refractivity contribution in [2.75, 3.05) is 4.72 Å². The minimum absolute atomic E-state index is 0.0400. The van der Waals surface area contributed by atoms with Gasteiger partial charge in [0.1, 0.15) is 16.2 Å². The molecular weight excluding hydrogens is 352 g/mol. The molecule has 0 radical (unpaired) electrons. The van der Waals surface area contributed by atoms with Crippen LogP contribution in [0.1, 0.15) is 30.8 Å². The summed E-state index contributed by atoms with van der Waals surface area (Å²) in [5.74, 6) is 0.633. The number of sulfonamides is 1. The molecule has 0 bridgehead atoms. The van der Waals surface area contributed by atoms with Crippen LogP contribution in [0.4, 0.5) is 5.69 Å². The summed E-state index contributed by atoms with van der Waals surface area (Å²) in [6.07, 6.45) is 2.03. The monoisotopic (exact) mass is 374 g/mol. The predicted molar refractivity (Wildman–Crippen MR) is 101 cm³/mol. The highest BCUT2D eigenvalue weighted by Crippen LogP contribution is 2.20. The van der Waals surface area contributed by atoms with E-state index in [4.69, 9.17) is 0 Å². The molecule has 0 fully saturated rings. The molecule has 0 amide bonds. The van der Waals surface area contributed by atoms with Crippen LogP contribution in [-0.2, 0) is 23.0 Å². The van der Waals surface area contributed by atoms with Crippen molar-refractivity contribution in [1.29, 1.82) is 0 Å². The van der Waals surface area contributed by atoms with Crippen LogP contribution in [0.5, 0.6) is 0 Å². The number of nitrogens with one attached hydrogen (secondary N) is 1. The summed E-state index contributed by atoms with van der Waals surface area (Å²) in [5.41, 5.74) is 2.57. The van der Waals surface area contributed by atoms with Crippen molar-refractivity contribution in [3.05, 3.63) is 57.8 Å². The molecule has 3 aromatic rings. The molecule has 0 atom stereocenters. The van der Waals surface area contributed by atoms with Crippen LogP contribution in [0, 0.1) is 13.8 Å². The molecule has 0 aliphatic rings. The lowest BCUT2D eigenvalue weighted by molar-refractivity contribution is 0.583. The van der Waals surface area contributed by atoms with E-state index in [1.807, 2.05) is 33.8 Å². The number of fused-ring (bicyclic) bond motifs is 1.